The summed E-state index contributed by atoms with van der Waals surface area (Å²) in [5, 5.41) is 5.27. The van der Waals surface area contributed by atoms with E-state index in [9.17, 15) is 18.8 Å². The topological polar surface area (TPSA) is 97.4 Å². The second kappa shape index (κ2) is 9.62. The molecular formula is C23H20FN3O4. The molecule has 1 heterocycles. The molecule has 0 fully saturated rings. The fourth-order valence-corrected chi connectivity index (χ4v) is 2.81. The zero-order chi connectivity index (χ0) is 22.4. The van der Waals surface area contributed by atoms with Crippen LogP contribution in [0.25, 0.3) is 0 Å². The van der Waals surface area contributed by atoms with Gasteiger partial charge in [-0.3, -0.25) is 9.59 Å². The first kappa shape index (κ1) is 21.6. The lowest BCUT2D eigenvalue weighted by Crippen LogP contribution is -2.17. The minimum Gasteiger partial charge on any atom is -0.462 e. The molecule has 0 radical (unpaired) electrons. The Morgan fingerprint density at radius 2 is 1.61 bits per heavy atom. The lowest BCUT2D eigenvalue weighted by Gasteiger charge is -2.10. The Bertz CT molecular complexity index is 1150. The number of aromatic nitrogens is 1. The number of nitrogens with one attached hydrogen (secondary N) is 2. The Kier molecular flexibility index (Phi) is 6.71. The van der Waals surface area contributed by atoms with Crippen LogP contribution in [0.4, 0.5) is 15.8 Å². The summed E-state index contributed by atoms with van der Waals surface area (Å²) in [5.41, 5.74) is 1.75. The summed E-state index contributed by atoms with van der Waals surface area (Å²) in [6, 6.07) is 14.7. The van der Waals surface area contributed by atoms with Crippen LogP contribution in [0.1, 0.15) is 43.8 Å². The van der Waals surface area contributed by atoms with E-state index in [0.29, 0.717) is 17.1 Å². The van der Waals surface area contributed by atoms with Gasteiger partial charge in [0.2, 0.25) is 0 Å². The van der Waals surface area contributed by atoms with Crippen molar-refractivity contribution in [2.75, 3.05) is 17.2 Å². The van der Waals surface area contributed by atoms with Crippen molar-refractivity contribution in [1.29, 1.82) is 0 Å². The molecule has 8 heteroatoms. The highest BCUT2D eigenvalue weighted by atomic mass is 19.1. The van der Waals surface area contributed by atoms with Crippen LogP contribution in [-0.2, 0) is 4.74 Å². The van der Waals surface area contributed by atoms with Crippen LogP contribution in [0.3, 0.4) is 0 Å². The number of esters is 1. The second-order valence-electron chi connectivity index (χ2n) is 6.55. The van der Waals surface area contributed by atoms with Crippen LogP contribution in [-0.4, -0.2) is 29.4 Å². The number of hydrogen-bond acceptors (Lipinski definition) is 5. The van der Waals surface area contributed by atoms with E-state index in [4.69, 9.17) is 4.74 Å². The number of rotatable bonds is 6. The molecular weight excluding hydrogens is 401 g/mol. The monoisotopic (exact) mass is 421 g/mol. The first-order valence-electron chi connectivity index (χ1n) is 9.50. The highest BCUT2D eigenvalue weighted by Crippen LogP contribution is 2.16. The third-order valence-corrected chi connectivity index (χ3v) is 4.28. The lowest BCUT2D eigenvalue weighted by molar-refractivity contribution is 0.0524. The van der Waals surface area contributed by atoms with E-state index >= 15 is 0 Å². The summed E-state index contributed by atoms with van der Waals surface area (Å²) in [6.07, 6.45) is 0. The van der Waals surface area contributed by atoms with Gasteiger partial charge in [-0.15, -0.1) is 0 Å². The number of hydrogen-bond donors (Lipinski definition) is 2. The maximum atomic E-state index is 13.3. The van der Waals surface area contributed by atoms with Gasteiger partial charge in [-0.2, -0.15) is 0 Å². The van der Waals surface area contributed by atoms with Crippen LogP contribution >= 0.6 is 0 Å². The number of amides is 2. The molecule has 0 saturated heterocycles. The smallest absolute Gasteiger partial charge is 0.339 e. The third-order valence-electron chi connectivity index (χ3n) is 4.28. The molecule has 3 rings (SSSR count). The maximum absolute atomic E-state index is 13.3. The largest absolute Gasteiger partial charge is 0.462 e. The molecule has 0 atom stereocenters. The summed E-state index contributed by atoms with van der Waals surface area (Å²) in [5.74, 6) is -1.91. The van der Waals surface area contributed by atoms with Crippen molar-refractivity contribution in [2.45, 2.75) is 13.8 Å². The van der Waals surface area contributed by atoms with Crippen molar-refractivity contribution in [3.63, 3.8) is 0 Å². The van der Waals surface area contributed by atoms with Crippen molar-refractivity contribution in [3.8, 4) is 0 Å². The van der Waals surface area contributed by atoms with Crippen LogP contribution in [0.2, 0.25) is 0 Å². The highest BCUT2D eigenvalue weighted by molar-refractivity contribution is 6.07. The first-order chi connectivity index (χ1) is 14.9. The standard InChI is InChI=1S/C23H20FN3O4/c1-3-31-23(30)19-10-11-20(25-14(19)2)22(29)27-17-8-4-6-15(12-17)21(28)26-18-9-5-7-16(24)13-18/h4-13H,3H2,1-2H3,(H,26,28)(H,27,29). The Balaban J connectivity index is 1.71. The van der Waals surface area contributed by atoms with E-state index in [-0.39, 0.29) is 23.4 Å². The quantitative estimate of drug-likeness (QED) is 0.581. The van der Waals surface area contributed by atoms with E-state index in [1.807, 2.05) is 0 Å². The van der Waals surface area contributed by atoms with Gasteiger partial charge >= 0.3 is 5.97 Å². The van der Waals surface area contributed by atoms with Crippen LogP contribution < -0.4 is 10.6 Å². The number of halogens is 1. The summed E-state index contributed by atoms with van der Waals surface area (Å²) in [4.78, 5) is 41.0. The van der Waals surface area contributed by atoms with Gasteiger partial charge in [0.25, 0.3) is 11.8 Å². The zero-order valence-electron chi connectivity index (χ0n) is 16.9. The van der Waals surface area contributed by atoms with Gasteiger partial charge in [-0.1, -0.05) is 12.1 Å². The molecule has 158 valence electrons. The Labute approximate surface area is 178 Å². The second-order valence-corrected chi connectivity index (χ2v) is 6.55. The molecule has 0 aliphatic heterocycles. The van der Waals surface area contributed by atoms with Crippen LogP contribution in [0.15, 0.2) is 60.7 Å². The number of aryl methyl sites for hydroxylation is 1. The lowest BCUT2D eigenvalue weighted by atomic mass is 10.1. The van der Waals surface area contributed by atoms with Crippen LogP contribution in [0.5, 0.6) is 0 Å². The van der Waals surface area contributed by atoms with E-state index in [1.54, 1.807) is 38.1 Å². The van der Waals surface area contributed by atoms with Crippen molar-refractivity contribution in [3.05, 3.63) is 89.0 Å². The number of ether oxygens (including phenoxy) is 1. The average molecular weight is 421 g/mol. The van der Waals surface area contributed by atoms with Gasteiger partial charge in [-0.25, -0.2) is 14.2 Å². The molecule has 0 aliphatic carbocycles. The number of benzene rings is 2. The molecule has 31 heavy (non-hydrogen) atoms. The van der Waals surface area contributed by atoms with Crippen LogP contribution in [0, 0.1) is 12.7 Å². The van der Waals surface area contributed by atoms with Gasteiger partial charge in [0.15, 0.2) is 0 Å². The van der Waals surface area contributed by atoms with Gasteiger partial charge < -0.3 is 15.4 Å². The molecule has 7 nitrogen and oxygen atoms in total. The molecule has 2 aromatic carbocycles. The van der Waals surface area contributed by atoms with E-state index < -0.39 is 23.6 Å². The minimum absolute atomic E-state index is 0.111. The molecule has 0 saturated carbocycles. The van der Waals surface area contributed by atoms with Gasteiger partial charge in [0.1, 0.15) is 11.5 Å². The fraction of sp³-hybridized carbons (Fsp3) is 0.130. The highest BCUT2D eigenvalue weighted by Gasteiger charge is 2.15. The van der Waals surface area contributed by atoms with Crippen molar-refractivity contribution < 1.29 is 23.5 Å². The average Bonchev–Trinajstić information content (AvgIpc) is 2.74. The van der Waals surface area contributed by atoms with Crippen molar-refractivity contribution in [1.82, 2.24) is 4.98 Å². The maximum Gasteiger partial charge on any atom is 0.339 e. The Hall–Kier alpha value is -4.07. The molecule has 2 N–H and O–H groups in total. The van der Waals surface area contributed by atoms with E-state index in [0.717, 1.165) is 0 Å². The fourth-order valence-electron chi connectivity index (χ4n) is 2.81. The summed E-state index contributed by atoms with van der Waals surface area (Å²) in [6.45, 7) is 3.55. The van der Waals surface area contributed by atoms with Gasteiger partial charge in [-0.05, 0) is 62.4 Å². The molecule has 0 aliphatic rings. The predicted molar refractivity (Wildman–Crippen MR) is 114 cm³/mol. The minimum atomic E-state index is -0.503. The molecule has 1 aromatic heterocycles. The van der Waals surface area contributed by atoms with Crippen molar-refractivity contribution in [2.24, 2.45) is 0 Å². The Morgan fingerprint density at radius 1 is 0.935 bits per heavy atom. The summed E-state index contributed by atoms with van der Waals surface area (Å²) in [7, 11) is 0. The molecule has 3 aromatic rings. The SMILES string of the molecule is CCOC(=O)c1ccc(C(=O)Nc2cccc(C(=O)Nc3cccc(F)c3)c2)nc1C. The van der Waals surface area contributed by atoms with E-state index in [1.165, 1.54) is 36.4 Å². The van der Waals surface area contributed by atoms with Crippen molar-refractivity contribution >= 4 is 29.2 Å². The van der Waals surface area contributed by atoms with Gasteiger partial charge in [0.05, 0.1) is 17.9 Å². The number of carbonyl (C=O) groups is 3. The first-order valence-corrected chi connectivity index (χ1v) is 9.50. The van der Waals surface area contributed by atoms with E-state index in [2.05, 4.69) is 15.6 Å². The summed E-state index contributed by atoms with van der Waals surface area (Å²) >= 11 is 0. The molecule has 2 amide bonds. The zero-order valence-corrected chi connectivity index (χ0v) is 16.9. The number of carbonyl (C=O) groups excluding carboxylic acids is 3. The number of pyridine rings is 1. The predicted octanol–water partition coefficient (Wildman–Crippen LogP) is 4.21. The van der Waals surface area contributed by atoms with Gasteiger partial charge in [0, 0.05) is 16.9 Å². The summed E-state index contributed by atoms with van der Waals surface area (Å²) < 4.78 is 18.2. The normalized spacial score (nSPS) is 10.3. The molecule has 0 spiro atoms. The Morgan fingerprint density at radius 3 is 2.29 bits per heavy atom. The molecule has 0 bridgehead atoms. The third kappa shape index (κ3) is 5.51. The number of nitrogens with zero attached hydrogens (tertiary/aromatic N) is 1. The molecule has 0 unspecified atom stereocenters. The number of anilines is 2.